The Labute approximate surface area is 125 Å². The van der Waals surface area contributed by atoms with Crippen LogP contribution in [-0.2, 0) is 65.0 Å². The Bertz CT molecular complexity index is 310. The van der Waals surface area contributed by atoms with Crippen LogP contribution in [0.1, 0.15) is 23.6 Å². The molecule has 0 fully saturated rings. The summed E-state index contributed by atoms with van der Waals surface area (Å²) in [6.07, 6.45) is 0.487. The average molecular weight is 433 g/mol. The molecule has 0 amide bonds. The molecule has 0 spiro atoms. The first-order valence-electron chi connectivity index (χ1n) is 3.99. The van der Waals surface area contributed by atoms with Gasteiger partial charge in [0.15, 0.2) is 0 Å². The second kappa shape index (κ2) is 7.91. The van der Waals surface area contributed by atoms with E-state index in [0.29, 0.717) is 6.42 Å². The molecule has 1 aromatic rings. The van der Waals surface area contributed by atoms with Crippen LogP contribution in [0.5, 0.6) is 0 Å². The number of hydrogen-bond acceptors (Lipinski definition) is 1. The van der Waals surface area contributed by atoms with Crippen molar-refractivity contribution in [2.75, 3.05) is 0 Å². The van der Waals surface area contributed by atoms with Crippen molar-refractivity contribution in [2.45, 2.75) is 27.2 Å². The third-order valence-corrected chi connectivity index (χ3v) is 1.75. The summed E-state index contributed by atoms with van der Waals surface area (Å²) in [6.45, 7) is 5.51. The Morgan fingerprint density at radius 1 is 1.43 bits per heavy atom. The molecule has 0 aliphatic carbocycles. The maximum absolute atomic E-state index is 10.8. The molecule has 0 atom stereocenters. The molecule has 0 N–H and O–H groups in total. The zero-order valence-corrected chi connectivity index (χ0v) is 14.5. The fraction of sp³-hybridized carbons (Fsp3) is 0.364. The van der Waals surface area contributed by atoms with E-state index >= 15 is 0 Å². The van der Waals surface area contributed by atoms with Crippen molar-refractivity contribution in [3.63, 3.8) is 0 Å². The molecule has 0 aliphatic heterocycles. The van der Waals surface area contributed by atoms with Gasteiger partial charge < -0.3 is 12.1 Å². The van der Waals surface area contributed by atoms with Crippen LogP contribution in [0.2, 0.25) is 0 Å². The standard InChI is InChI=1S/C11H12O.W.Y/c1-8-4-5-9(2)11(6-8)7-10(3)12;;/h5H,7H2,1-3H3;;/q-2;;. The van der Waals surface area contributed by atoms with Crippen LogP contribution in [0.3, 0.4) is 0 Å². The van der Waals surface area contributed by atoms with E-state index in [-0.39, 0.29) is 59.6 Å². The molecule has 73 valence electrons. The molecule has 1 nitrogen and oxygen atoms in total. The summed E-state index contributed by atoms with van der Waals surface area (Å²) in [4.78, 5) is 10.8. The summed E-state index contributed by atoms with van der Waals surface area (Å²) < 4.78 is 0. The smallest absolute Gasteiger partial charge is 0.130 e. The van der Waals surface area contributed by atoms with E-state index < -0.39 is 0 Å². The van der Waals surface area contributed by atoms with Gasteiger partial charge in [0.05, 0.1) is 0 Å². The van der Waals surface area contributed by atoms with E-state index in [9.17, 15) is 4.79 Å². The monoisotopic (exact) mass is 433 g/mol. The van der Waals surface area contributed by atoms with Gasteiger partial charge in [-0.1, -0.05) is 6.92 Å². The largest absolute Gasteiger partial charge is 0.356 e. The van der Waals surface area contributed by atoms with Crippen molar-refractivity contribution < 1.29 is 58.6 Å². The van der Waals surface area contributed by atoms with Gasteiger partial charge in [-0.05, 0) is 13.3 Å². The van der Waals surface area contributed by atoms with Crippen LogP contribution in [0, 0.1) is 26.0 Å². The van der Waals surface area contributed by atoms with Crippen LogP contribution in [0.15, 0.2) is 6.07 Å². The van der Waals surface area contributed by atoms with Crippen molar-refractivity contribution in [3.05, 3.63) is 34.9 Å². The predicted octanol–water partition coefficient (Wildman–Crippen LogP) is 2.03. The van der Waals surface area contributed by atoms with Gasteiger partial charge in [-0.15, -0.1) is 6.92 Å². The Kier molecular flexibility index (Phi) is 9.65. The number of carbonyl (C=O) groups is 1. The molecular formula is C11H12OWY-2. The van der Waals surface area contributed by atoms with E-state index in [0.717, 1.165) is 16.7 Å². The van der Waals surface area contributed by atoms with Gasteiger partial charge in [-0.25, -0.2) is 0 Å². The van der Waals surface area contributed by atoms with E-state index in [4.69, 9.17) is 0 Å². The van der Waals surface area contributed by atoms with Crippen LogP contribution in [0.25, 0.3) is 0 Å². The first-order valence-corrected chi connectivity index (χ1v) is 3.99. The molecule has 0 aromatic heterocycles. The molecule has 0 unspecified atom stereocenters. The van der Waals surface area contributed by atoms with Crippen LogP contribution < -0.4 is 0 Å². The van der Waals surface area contributed by atoms with Crippen molar-refractivity contribution >= 4 is 5.78 Å². The van der Waals surface area contributed by atoms with Crippen molar-refractivity contribution in [1.29, 1.82) is 0 Å². The number of Topliss-reactive ketones (excluding diaryl/α,β-unsaturated/α-hetero) is 1. The van der Waals surface area contributed by atoms with Crippen LogP contribution in [-0.4, -0.2) is 5.78 Å². The molecule has 0 saturated carbocycles. The first kappa shape index (κ1) is 17.1. The maximum atomic E-state index is 10.8. The summed E-state index contributed by atoms with van der Waals surface area (Å²) in [5.74, 6) is 0.181. The zero-order chi connectivity index (χ0) is 9.14. The minimum Gasteiger partial charge on any atom is -0.356 e. The molecular weight excluding hydrogens is 421 g/mol. The first-order chi connectivity index (χ1) is 5.59. The minimum absolute atomic E-state index is 0. The number of rotatable bonds is 2. The third kappa shape index (κ3) is 5.54. The fourth-order valence-corrected chi connectivity index (χ4v) is 1.10. The Balaban J connectivity index is 0. The van der Waals surface area contributed by atoms with Crippen molar-refractivity contribution in [3.8, 4) is 0 Å². The van der Waals surface area contributed by atoms with Gasteiger partial charge in [0.25, 0.3) is 0 Å². The predicted molar refractivity (Wildman–Crippen MR) is 48.0 cm³/mol. The van der Waals surface area contributed by atoms with Gasteiger partial charge in [-0.2, -0.15) is 0 Å². The normalized spacial score (nSPS) is 8.50. The van der Waals surface area contributed by atoms with Gasteiger partial charge >= 0.3 is 0 Å². The fourth-order valence-electron chi connectivity index (χ4n) is 1.10. The van der Waals surface area contributed by atoms with Gasteiger partial charge in [-0.3, -0.25) is 27.6 Å². The number of aryl methyl sites for hydroxylation is 2. The van der Waals surface area contributed by atoms with E-state index in [1.165, 1.54) is 0 Å². The topological polar surface area (TPSA) is 17.1 Å². The Morgan fingerprint density at radius 2 is 2.00 bits per heavy atom. The van der Waals surface area contributed by atoms with Crippen molar-refractivity contribution in [2.24, 2.45) is 0 Å². The molecule has 0 saturated heterocycles. The van der Waals surface area contributed by atoms with E-state index in [1.807, 2.05) is 19.9 Å². The number of hydrogen-bond donors (Lipinski definition) is 0. The molecule has 0 heterocycles. The third-order valence-electron chi connectivity index (χ3n) is 1.75. The molecule has 1 rings (SSSR count). The number of benzene rings is 1. The van der Waals surface area contributed by atoms with E-state index in [1.54, 1.807) is 6.92 Å². The van der Waals surface area contributed by atoms with Gasteiger partial charge in [0, 0.05) is 53.8 Å². The summed E-state index contributed by atoms with van der Waals surface area (Å²) in [6, 6.07) is 8.08. The van der Waals surface area contributed by atoms with Crippen LogP contribution >= 0.6 is 0 Å². The maximum Gasteiger partial charge on any atom is 0.130 e. The molecule has 1 radical (unpaired) electrons. The summed E-state index contributed by atoms with van der Waals surface area (Å²) in [7, 11) is 0. The Morgan fingerprint density at radius 3 is 2.50 bits per heavy atom. The quantitative estimate of drug-likeness (QED) is 0.654. The average Bonchev–Trinajstić information content (AvgIpc) is 1.96. The van der Waals surface area contributed by atoms with Crippen LogP contribution in [0.4, 0.5) is 0 Å². The summed E-state index contributed by atoms with van der Waals surface area (Å²) in [5.41, 5.74) is 3.06. The number of carbonyl (C=O) groups excluding carboxylic acids is 1. The zero-order valence-electron chi connectivity index (χ0n) is 8.68. The Hall–Kier alpha value is 0.682. The molecule has 14 heavy (non-hydrogen) atoms. The molecule has 0 aliphatic rings. The SMILES string of the molecule is CC(=O)Cc1[c-]c(C)[c-]cc1C.[W].[Y]. The second-order valence-corrected chi connectivity index (χ2v) is 3.08. The molecule has 1 aromatic carbocycles. The minimum atomic E-state index is 0. The summed E-state index contributed by atoms with van der Waals surface area (Å²) >= 11 is 0. The van der Waals surface area contributed by atoms with Crippen molar-refractivity contribution in [1.82, 2.24) is 0 Å². The van der Waals surface area contributed by atoms with E-state index in [2.05, 4.69) is 12.1 Å². The molecule has 3 heteroatoms. The van der Waals surface area contributed by atoms with Gasteiger partial charge in [0.1, 0.15) is 5.78 Å². The second-order valence-electron chi connectivity index (χ2n) is 3.08. The number of ketones is 1. The van der Waals surface area contributed by atoms with Gasteiger partial charge in [0.2, 0.25) is 0 Å². The summed E-state index contributed by atoms with van der Waals surface area (Å²) in [5, 5.41) is 0. The molecule has 0 bridgehead atoms.